The summed E-state index contributed by atoms with van der Waals surface area (Å²) in [5.41, 5.74) is 1.98. The van der Waals surface area contributed by atoms with E-state index in [2.05, 4.69) is 10.1 Å². The van der Waals surface area contributed by atoms with Gasteiger partial charge < -0.3 is 13.7 Å². The van der Waals surface area contributed by atoms with Crippen LogP contribution in [0.5, 0.6) is 5.75 Å². The van der Waals surface area contributed by atoms with Gasteiger partial charge in [-0.1, -0.05) is 35.5 Å². The Morgan fingerprint density at radius 1 is 0.875 bits per heavy atom. The van der Waals surface area contributed by atoms with Gasteiger partial charge in [-0.05, 0) is 42.0 Å². The van der Waals surface area contributed by atoms with Crippen molar-refractivity contribution in [1.82, 2.24) is 10.1 Å². The highest BCUT2D eigenvalue weighted by Crippen LogP contribution is 2.24. The Kier molecular flexibility index (Phi) is 3.81. The van der Waals surface area contributed by atoms with Gasteiger partial charge in [0.15, 0.2) is 5.76 Å². The lowest BCUT2D eigenvalue weighted by molar-refractivity contribution is 0.306. The second-order valence-electron chi connectivity index (χ2n) is 5.20. The van der Waals surface area contributed by atoms with E-state index in [1.165, 1.54) is 0 Å². The van der Waals surface area contributed by atoms with Crippen molar-refractivity contribution in [1.29, 1.82) is 0 Å². The van der Waals surface area contributed by atoms with Crippen molar-refractivity contribution < 1.29 is 13.7 Å². The number of rotatable bonds is 5. The van der Waals surface area contributed by atoms with E-state index in [0.29, 0.717) is 24.1 Å². The van der Waals surface area contributed by atoms with Gasteiger partial charge in [0.1, 0.15) is 12.4 Å². The van der Waals surface area contributed by atoms with Crippen LogP contribution in [0, 0.1) is 0 Å². The van der Waals surface area contributed by atoms with Gasteiger partial charge in [0, 0.05) is 5.56 Å². The summed E-state index contributed by atoms with van der Waals surface area (Å²) in [7, 11) is 0. The van der Waals surface area contributed by atoms with E-state index in [4.69, 9.17) is 13.7 Å². The Bertz CT molecular complexity index is 897. The second kappa shape index (κ2) is 6.42. The summed E-state index contributed by atoms with van der Waals surface area (Å²) in [5.74, 6) is 2.21. The van der Waals surface area contributed by atoms with E-state index in [9.17, 15) is 0 Å². The van der Waals surface area contributed by atoms with Crippen molar-refractivity contribution in [3.05, 3.63) is 78.6 Å². The van der Waals surface area contributed by atoms with E-state index in [-0.39, 0.29) is 0 Å². The largest absolute Gasteiger partial charge is 0.489 e. The van der Waals surface area contributed by atoms with Gasteiger partial charge in [0.05, 0.1) is 6.26 Å². The average molecular weight is 318 g/mol. The van der Waals surface area contributed by atoms with E-state index in [1.807, 2.05) is 54.6 Å². The van der Waals surface area contributed by atoms with Crippen LogP contribution in [0.15, 0.2) is 81.9 Å². The van der Waals surface area contributed by atoms with Crippen molar-refractivity contribution in [2.75, 3.05) is 0 Å². The van der Waals surface area contributed by atoms with Crippen LogP contribution in [0.4, 0.5) is 0 Å². The predicted molar refractivity (Wildman–Crippen MR) is 88.2 cm³/mol. The molecule has 5 heteroatoms. The standard InChI is InChI=1S/C19H14N2O3/c1-2-5-14(6-3-1)13-23-16-10-8-15(9-11-16)18-20-19(24-21-18)17-7-4-12-22-17/h1-12H,13H2. The third kappa shape index (κ3) is 3.05. The molecule has 0 amide bonds. The third-order valence-electron chi connectivity index (χ3n) is 3.52. The molecule has 24 heavy (non-hydrogen) atoms. The number of hydrogen-bond acceptors (Lipinski definition) is 5. The molecule has 0 saturated heterocycles. The van der Waals surface area contributed by atoms with Crippen molar-refractivity contribution >= 4 is 0 Å². The number of hydrogen-bond donors (Lipinski definition) is 0. The summed E-state index contributed by atoms with van der Waals surface area (Å²) in [6.07, 6.45) is 1.57. The first-order chi connectivity index (χ1) is 11.9. The summed E-state index contributed by atoms with van der Waals surface area (Å²) in [6, 6.07) is 21.2. The molecular weight excluding hydrogens is 304 g/mol. The van der Waals surface area contributed by atoms with Gasteiger partial charge in [-0.15, -0.1) is 0 Å². The summed E-state index contributed by atoms with van der Waals surface area (Å²) >= 11 is 0. The first-order valence-corrected chi connectivity index (χ1v) is 7.53. The molecule has 0 unspecified atom stereocenters. The van der Waals surface area contributed by atoms with E-state index in [0.717, 1.165) is 16.9 Å². The minimum Gasteiger partial charge on any atom is -0.489 e. The lowest BCUT2D eigenvalue weighted by Crippen LogP contribution is -1.94. The van der Waals surface area contributed by atoms with Crippen molar-refractivity contribution in [3.8, 4) is 28.8 Å². The quantitative estimate of drug-likeness (QED) is 0.539. The Morgan fingerprint density at radius 2 is 1.71 bits per heavy atom. The molecule has 2 aromatic heterocycles. The van der Waals surface area contributed by atoms with Crippen LogP contribution in [-0.2, 0) is 6.61 Å². The van der Waals surface area contributed by atoms with Crippen molar-refractivity contribution in [2.45, 2.75) is 6.61 Å². The first-order valence-electron chi connectivity index (χ1n) is 7.53. The highest BCUT2D eigenvalue weighted by molar-refractivity contribution is 5.58. The fourth-order valence-corrected chi connectivity index (χ4v) is 2.28. The highest BCUT2D eigenvalue weighted by Gasteiger charge is 2.12. The maximum absolute atomic E-state index is 5.77. The fourth-order valence-electron chi connectivity index (χ4n) is 2.28. The minimum atomic E-state index is 0.361. The summed E-state index contributed by atoms with van der Waals surface area (Å²) in [4.78, 5) is 4.33. The number of nitrogens with zero attached hydrogens (tertiary/aromatic N) is 2. The molecule has 0 aliphatic carbocycles. The van der Waals surface area contributed by atoms with E-state index in [1.54, 1.807) is 18.4 Å². The summed E-state index contributed by atoms with van der Waals surface area (Å²) in [6.45, 7) is 0.533. The molecule has 0 fully saturated rings. The molecule has 0 saturated carbocycles. The van der Waals surface area contributed by atoms with Gasteiger partial charge in [-0.2, -0.15) is 4.98 Å². The van der Waals surface area contributed by atoms with Crippen LogP contribution in [0.2, 0.25) is 0 Å². The summed E-state index contributed by atoms with van der Waals surface area (Å²) in [5, 5.41) is 3.98. The molecule has 0 atom stereocenters. The van der Waals surface area contributed by atoms with Crippen molar-refractivity contribution in [2.24, 2.45) is 0 Å². The number of ether oxygens (including phenoxy) is 1. The highest BCUT2D eigenvalue weighted by atomic mass is 16.5. The average Bonchev–Trinajstić information content (AvgIpc) is 3.33. The maximum atomic E-state index is 5.77. The first kappa shape index (κ1) is 14.3. The predicted octanol–water partition coefficient (Wildman–Crippen LogP) is 4.58. The zero-order chi connectivity index (χ0) is 16.2. The minimum absolute atomic E-state index is 0.361. The lowest BCUT2D eigenvalue weighted by Gasteiger charge is -2.06. The van der Waals surface area contributed by atoms with Crippen LogP contribution in [0.1, 0.15) is 5.56 Å². The molecule has 0 aliphatic rings. The molecule has 0 aliphatic heterocycles. The monoisotopic (exact) mass is 318 g/mol. The molecule has 2 aromatic carbocycles. The van der Waals surface area contributed by atoms with Crippen LogP contribution >= 0.6 is 0 Å². The smallest absolute Gasteiger partial charge is 0.293 e. The van der Waals surface area contributed by atoms with Crippen LogP contribution < -0.4 is 4.74 Å². The lowest BCUT2D eigenvalue weighted by atomic mass is 10.2. The Balaban J connectivity index is 1.46. The zero-order valence-electron chi connectivity index (χ0n) is 12.8. The SMILES string of the molecule is c1ccc(COc2ccc(-c3noc(-c4ccco4)n3)cc2)cc1. The van der Waals surface area contributed by atoms with Gasteiger partial charge in [-0.25, -0.2) is 0 Å². The molecule has 0 spiro atoms. The van der Waals surface area contributed by atoms with Crippen LogP contribution in [-0.4, -0.2) is 10.1 Å². The Labute approximate surface area is 138 Å². The Hall–Kier alpha value is -3.34. The normalized spacial score (nSPS) is 10.7. The Morgan fingerprint density at radius 3 is 2.46 bits per heavy atom. The van der Waals surface area contributed by atoms with Gasteiger partial charge in [-0.3, -0.25) is 0 Å². The van der Waals surface area contributed by atoms with Gasteiger partial charge in [0.25, 0.3) is 5.89 Å². The van der Waals surface area contributed by atoms with Crippen LogP contribution in [0.3, 0.4) is 0 Å². The topological polar surface area (TPSA) is 61.3 Å². The maximum Gasteiger partial charge on any atom is 0.293 e. The van der Waals surface area contributed by atoms with Gasteiger partial charge in [0.2, 0.25) is 5.82 Å². The second-order valence-corrected chi connectivity index (χ2v) is 5.20. The molecule has 4 aromatic rings. The molecule has 118 valence electrons. The zero-order valence-corrected chi connectivity index (χ0v) is 12.8. The number of aromatic nitrogens is 2. The molecule has 0 radical (unpaired) electrons. The summed E-state index contributed by atoms with van der Waals surface area (Å²) < 4.78 is 16.2. The van der Waals surface area contributed by atoms with Crippen molar-refractivity contribution in [3.63, 3.8) is 0 Å². The molecule has 5 nitrogen and oxygen atoms in total. The molecule has 2 heterocycles. The van der Waals surface area contributed by atoms with E-state index < -0.39 is 0 Å². The molecule has 0 bridgehead atoms. The third-order valence-corrected chi connectivity index (χ3v) is 3.52. The molecular formula is C19H14N2O3. The molecule has 4 rings (SSSR count). The van der Waals surface area contributed by atoms with Gasteiger partial charge >= 0.3 is 0 Å². The van der Waals surface area contributed by atoms with Crippen LogP contribution in [0.25, 0.3) is 23.0 Å². The number of benzene rings is 2. The number of furan rings is 1. The fraction of sp³-hybridized carbons (Fsp3) is 0.0526. The molecule has 0 N–H and O–H groups in total. The van der Waals surface area contributed by atoms with E-state index >= 15 is 0 Å².